The number of aromatic nitrogens is 3. The third-order valence-electron chi connectivity index (χ3n) is 4.72. The number of fused-ring (bicyclic) bond motifs is 1. The van der Waals surface area contributed by atoms with Crippen molar-refractivity contribution < 1.29 is 9.47 Å². The molecule has 2 heterocycles. The molecule has 148 valence electrons. The minimum atomic E-state index is 0.581. The van der Waals surface area contributed by atoms with Crippen LogP contribution < -0.4 is 14.8 Å². The lowest BCUT2D eigenvalue weighted by Crippen LogP contribution is -2.03. The molecule has 0 radical (unpaired) electrons. The Balaban J connectivity index is 1.74. The van der Waals surface area contributed by atoms with Crippen LogP contribution in [0.1, 0.15) is 18.1 Å². The van der Waals surface area contributed by atoms with Gasteiger partial charge in [-0.25, -0.2) is 9.97 Å². The number of ether oxygens (including phenoxy) is 2. The molecule has 0 saturated carbocycles. The van der Waals surface area contributed by atoms with Crippen LogP contribution >= 0.6 is 0 Å². The fourth-order valence-corrected chi connectivity index (χ4v) is 3.24. The number of nitrogens with one attached hydrogen (secondary N) is 1. The van der Waals surface area contributed by atoms with Crippen LogP contribution in [0.4, 0.5) is 5.82 Å². The maximum atomic E-state index is 5.64. The summed E-state index contributed by atoms with van der Waals surface area (Å²) >= 11 is 0. The maximum Gasteiger partial charge on any atom is 0.235 e. The third kappa shape index (κ3) is 3.87. The molecule has 0 amide bonds. The highest BCUT2D eigenvalue weighted by Gasteiger charge is 2.16. The molecule has 6 heteroatoms. The zero-order valence-corrected chi connectivity index (χ0v) is 16.8. The predicted molar refractivity (Wildman–Crippen MR) is 115 cm³/mol. The summed E-state index contributed by atoms with van der Waals surface area (Å²) in [5.74, 6) is 2.93. The first-order chi connectivity index (χ1) is 14.2. The van der Waals surface area contributed by atoms with Crippen LogP contribution in [0.3, 0.4) is 0 Å². The monoisotopic (exact) mass is 388 g/mol. The van der Waals surface area contributed by atoms with E-state index < -0.39 is 0 Å². The number of nitrogens with zero attached hydrogens (tertiary/aromatic N) is 3. The molecule has 0 saturated heterocycles. The van der Waals surface area contributed by atoms with Gasteiger partial charge in [-0.15, -0.1) is 0 Å². The predicted octanol–water partition coefficient (Wildman–Crippen LogP) is 4.72. The molecular weight excluding hydrogens is 364 g/mol. The van der Waals surface area contributed by atoms with Gasteiger partial charge in [-0.3, -0.25) is 4.40 Å². The first kappa shape index (κ1) is 18.8. The number of aryl methyl sites for hydroxylation is 1. The van der Waals surface area contributed by atoms with E-state index in [1.54, 1.807) is 13.3 Å². The maximum absolute atomic E-state index is 5.64. The van der Waals surface area contributed by atoms with Crippen LogP contribution in [-0.2, 0) is 6.54 Å². The third-order valence-corrected chi connectivity index (χ3v) is 4.72. The van der Waals surface area contributed by atoms with Crippen molar-refractivity contribution in [1.82, 2.24) is 14.4 Å². The summed E-state index contributed by atoms with van der Waals surface area (Å²) in [6.07, 6.45) is 3.71. The molecule has 1 N–H and O–H groups in total. The van der Waals surface area contributed by atoms with Crippen LogP contribution in [-0.4, -0.2) is 28.1 Å². The van der Waals surface area contributed by atoms with Crippen LogP contribution in [0, 0.1) is 6.92 Å². The van der Waals surface area contributed by atoms with E-state index in [0.29, 0.717) is 24.7 Å². The summed E-state index contributed by atoms with van der Waals surface area (Å²) in [5.41, 5.74) is 4.19. The van der Waals surface area contributed by atoms with E-state index in [1.165, 1.54) is 11.1 Å². The van der Waals surface area contributed by atoms with Crippen molar-refractivity contribution >= 4 is 11.6 Å². The summed E-state index contributed by atoms with van der Waals surface area (Å²) in [6, 6.07) is 16.2. The number of rotatable bonds is 7. The molecule has 0 aliphatic carbocycles. The zero-order chi connectivity index (χ0) is 20.2. The van der Waals surface area contributed by atoms with Crippen LogP contribution in [0.5, 0.6) is 11.5 Å². The molecule has 29 heavy (non-hydrogen) atoms. The highest BCUT2D eigenvalue weighted by Crippen LogP contribution is 2.35. The second-order valence-corrected chi connectivity index (χ2v) is 6.74. The second kappa shape index (κ2) is 8.22. The van der Waals surface area contributed by atoms with Gasteiger partial charge in [0.05, 0.1) is 13.7 Å². The summed E-state index contributed by atoms with van der Waals surface area (Å²) in [5, 5.41) is 3.54. The van der Waals surface area contributed by atoms with Crippen LogP contribution in [0.25, 0.3) is 17.0 Å². The average molecular weight is 388 g/mol. The second-order valence-electron chi connectivity index (χ2n) is 6.74. The van der Waals surface area contributed by atoms with Gasteiger partial charge in [0.1, 0.15) is 11.5 Å². The Morgan fingerprint density at radius 3 is 2.66 bits per heavy atom. The zero-order valence-electron chi connectivity index (χ0n) is 16.8. The van der Waals surface area contributed by atoms with Gasteiger partial charge >= 0.3 is 0 Å². The van der Waals surface area contributed by atoms with Gasteiger partial charge in [0, 0.05) is 24.5 Å². The number of hydrogen-bond acceptors (Lipinski definition) is 5. The molecule has 0 unspecified atom stereocenters. The molecule has 0 aliphatic heterocycles. The van der Waals surface area contributed by atoms with Gasteiger partial charge in [-0.05, 0) is 43.7 Å². The summed E-state index contributed by atoms with van der Waals surface area (Å²) in [7, 11) is 1.64. The van der Waals surface area contributed by atoms with E-state index in [9.17, 15) is 0 Å². The summed E-state index contributed by atoms with van der Waals surface area (Å²) < 4.78 is 13.1. The van der Waals surface area contributed by atoms with E-state index in [2.05, 4.69) is 41.5 Å². The van der Waals surface area contributed by atoms with Gasteiger partial charge in [0.25, 0.3) is 0 Å². The van der Waals surface area contributed by atoms with Crippen molar-refractivity contribution in [3.05, 3.63) is 72.1 Å². The molecule has 2 aromatic carbocycles. The Morgan fingerprint density at radius 1 is 1.07 bits per heavy atom. The SMILES string of the molecule is CCOc1ccc(-c2nc3ncccn3c2NCc2ccc(C)cc2)cc1OC. The fraction of sp³-hybridized carbons (Fsp3) is 0.217. The van der Waals surface area contributed by atoms with Crippen molar-refractivity contribution in [3.8, 4) is 22.8 Å². The van der Waals surface area contributed by atoms with Gasteiger partial charge in [-0.1, -0.05) is 29.8 Å². The Kier molecular flexibility index (Phi) is 5.33. The Morgan fingerprint density at radius 2 is 1.90 bits per heavy atom. The molecule has 0 fully saturated rings. The van der Waals surface area contributed by atoms with E-state index >= 15 is 0 Å². The lowest BCUT2D eigenvalue weighted by atomic mass is 10.1. The lowest BCUT2D eigenvalue weighted by Gasteiger charge is -2.12. The molecule has 0 bridgehead atoms. The van der Waals surface area contributed by atoms with Crippen molar-refractivity contribution in [1.29, 1.82) is 0 Å². The van der Waals surface area contributed by atoms with Crippen LogP contribution in [0.15, 0.2) is 60.9 Å². The molecule has 0 aliphatic rings. The highest BCUT2D eigenvalue weighted by atomic mass is 16.5. The van der Waals surface area contributed by atoms with Crippen molar-refractivity contribution in [2.45, 2.75) is 20.4 Å². The van der Waals surface area contributed by atoms with E-state index in [-0.39, 0.29) is 0 Å². The van der Waals surface area contributed by atoms with Gasteiger partial charge in [-0.2, -0.15) is 0 Å². The molecule has 6 nitrogen and oxygen atoms in total. The van der Waals surface area contributed by atoms with Crippen LogP contribution in [0.2, 0.25) is 0 Å². The number of hydrogen-bond donors (Lipinski definition) is 1. The molecule has 0 spiro atoms. The van der Waals surface area contributed by atoms with E-state index in [0.717, 1.165) is 22.8 Å². The van der Waals surface area contributed by atoms with E-state index in [4.69, 9.17) is 14.5 Å². The Hall–Kier alpha value is -3.54. The topological polar surface area (TPSA) is 60.7 Å². The van der Waals surface area contributed by atoms with Gasteiger partial charge in [0.15, 0.2) is 11.5 Å². The first-order valence-electron chi connectivity index (χ1n) is 9.63. The van der Waals surface area contributed by atoms with Gasteiger partial charge in [0.2, 0.25) is 5.78 Å². The summed E-state index contributed by atoms with van der Waals surface area (Å²) in [4.78, 5) is 9.15. The standard InChI is InChI=1S/C23H24N4O2/c1-4-29-19-11-10-18(14-20(19)28-3)21-22(27-13-5-12-24-23(27)26-21)25-15-17-8-6-16(2)7-9-17/h5-14,25H,4,15H2,1-3H3. The fourth-order valence-electron chi connectivity index (χ4n) is 3.24. The average Bonchev–Trinajstić information content (AvgIpc) is 3.12. The number of anilines is 1. The van der Waals surface area contributed by atoms with Gasteiger partial charge < -0.3 is 14.8 Å². The smallest absolute Gasteiger partial charge is 0.235 e. The number of methoxy groups -OCH3 is 1. The molecule has 0 atom stereocenters. The largest absolute Gasteiger partial charge is 0.493 e. The van der Waals surface area contributed by atoms with Crippen molar-refractivity contribution in [2.24, 2.45) is 0 Å². The van der Waals surface area contributed by atoms with E-state index in [1.807, 2.05) is 41.8 Å². The number of imidazole rings is 1. The minimum absolute atomic E-state index is 0.581. The van der Waals surface area contributed by atoms with Crippen molar-refractivity contribution in [2.75, 3.05) is 19.0 Å². The van der Waals surface area contributed by atoms with Crippen molar-refractivity contribution in [3.63, 3.8) is 0 Å². The normalized spacial score (nSPS) is 10.9. The Labute approximate surface area is 170 Å². The summed E-state index contributed by atoms with van der Waals surface area (Å²) in [6.45, 7) is 5.31. The minimum Gasteiger partial charge on any atom is -0.493 e. The molecule has 4 rings (SSSR count). The first-order valence-corrected chi connectivity index (χ1v) is 9.63. The number of benzene rings is 2. The highest BCUT2D eigenvalue weighted by molar-refractivity contribution is 5.77. The molecular formula is C23H24N4O2. The quantitative estimate of drug-likeness (QED) is 0.496. The molecule has 4 aromatic rings. The lowest BCUT2D eigenvalue weighted by molar-refractivity contribution is 0.311. The Bertz CT molecular complexity index is 1120. The molecule has 2 aromatic heterocycles.